The average Bonchev–Trinajstić information content (AvgIpc) is 3.08. The molecule has 1 unspecified atom stereocenters. The van der Waals surface area contributed by atoms with Crippen LogP contribution in [0.5, 0.6) is 0 Å². The van der Waals surface area contributed by atoms with Crippen LogP contribution < -0.4 is 21.4 Å². The summed E-state index contributed by atoms with van der Waals surface area (Å²) >= 11 is 0. The van der Waals surface area contributed by atoms with Crippen molar-refractivity contribution in [1.82, 2.24) is 9.97 Å². The Labute approximate surface area is 149 Å². The van der Waals surface area contributed by atoms with Gasteiger partial charge in [-0.15, -0.1) is 0 Å². The Kier molecular flexibility index (Phi) is 4.30. The lowest BCUT2D eigenvalue weighted by atomic mass is 10.2. The van der Waals surface area contributed by atoms with Crippen molar-refractivity contribution in [2.24, 2.45) is 5.73 Å². The van der Waals surface area contributed by atoms with Gasteiger partial charge in [0.15, 0.2) is 17.1 Å². The Morgan fingerprint density at radius 3 is 2.88 bits per heavy atom. The second kappa shape index (κ2) is 6.76. The number of nitrogens with zero attached hydrogens (tertiary/aromatic N) is 2. The van der Waals surface area contributed by atoms with Crippen LogP contribution in [0.4, 0.5) is 15.9 Å². The first kappa shape index (κ1) is 16.5. The minimum absolute atomic E-state index is 0.0254. The highest BCUT2D eigenvalue weighted by atomic mass is 19.1. The van der Waals surface area contributed by atoms with Crippen molar-refractivity contribution in [2.75, 3.05) is 23.3 Å². The Balaban J connectivity index is 1.64. The molecule has 1 fully saturated rings. The van der Waals surface area contributed by atoms with Crippen LogP contribution in [0.2, 0.25) is 0 Å². The predicted octanol–water partition coefficient (Wildman–Crippen LogP) is 2.21. The summed E-state index contributed by atoms with van der Waals surface area (Å²) in [6, 6.07) is 10.9. The van der Waals surface area contributed by atoms with Gasteiger partial charge in [0.25, 0.3) is 0 Å². The molecule has 3 heterocycles. The topological polar surface area (TPSA) is 87.0 Å². The van der Waals surface area contributed by atoms with Crippen LogP contribution in [-0.4, -0.2) is 29.1 Å². The minimum atomic E-state index is -0.495. The summed E-state index contributed by atoms with van der Waals surface area (Å²) in [5.74, 6) is -0.249. The molecule has 2 aromatic heterocycles. The summed E-state index contributed by atoms with van der Waals surface area (Å²) in [7, 11) is 0. The van der Waals surface area contributed by atoms with Gasteiger partial charge in [0, 0.05) is 43.1 Å². The van der Waals surface area contributed by atoms with Crippen LogP contribution in [0.25, 0.3) is 11.0 Å². The van der Waals surface area contributed by atoms with E-state index in [9.17, 15) is 9.18 Å². The summed E-state index contributed by atoms with van der Waals surface area (Å²) < 4.78 is 14.5. The number of anilines is 2. The molecule has 0 spiro atoms. The number of H-pyrrole nitrogens is 1. The quantitative estimate of drug-likeness (QED) is 0.669. The van der Waals surface area contributed by atoms with Gasteiger partial charge < -0.3 is 20.9 Å². The lowest BCUT2D eigenvalue weighted by molar-refractivity contribution is 0.617. The van der Waals surface area contributed by atoms with Gasteiger partial charge >= 0.3 is 0 Å². The number of nitrogens with two attached hydrogens (primary N) is 1. The van der Waals surface area contributed by atoms with E-state index in [1.807, 2.05) is 35.2 Å². The summed E-state index contributed by atoms with van der Waals surface area (Å²) in [5.41, 5.74) is 7.49. The van der Waals surface area contributed by atoms with Crippen molar-refractivity contribution >= 4 is 22.5 Å². The number of pyridine rings is 2. The molecule has 4 N–H and O–H groups in total. The van der Waals surface area contributed by atoms with Crippen molar-refractivity contribution in [2.45, 2.75) is 19.0 Å². The highest BCUT2D eigenvalue weighted by molar-refractivity contribution is 5.77. The number of halogens is 1. The van der Waals surface area contributed by atoms with Gasteiger partial charge in [0.05, 0.1) is 5.39 Å². The van der Waals surface area contributed by atoms with Crippen LogP contribution in [0, 0.1) is 5.82 Å². The highest BCUT2D eigenvalue weighted by Gasteiger charge is 2.24. The first-order chi connectivity index (χ1) is 12.6. The van der Waals surface area contributed by atoms with E-state index < -0.39 is 5.82 Å². The van der Waals surface area contributed by atoms with E-state index in [-0.39, 0.29) is 22.7 Å². The Morgan fingerprint density at radius 2 is 2.15 bits per heavy atom. The van der Waals surface area contributed by atoms with Gasteiger partial charge in [0.1, 0.15) is 5.65 Å². The van der Waals surface area contributed by atoms with E-state index in [2.05, 4.69) is 15.3 Å². The SMILES string of the molecule is NC1CCN(c2nc3[nH]cc(CNc4ccccc4)c(=O)c3cc2F)C1. The van der Waals surface area contributed by atoms with Gasteiger partial charge in [-0.05, 0) is 24.6 Å². The van der Waals surface area contributed by atoms with E-state index in [1.54, 1.807) is 6.20 Å². The second-order valence-corrected chi connectivity index (χ2v) is 6.55. The molecule has 0 bridgehead atoms. The normalized spacial score (nSPS) is 17.0. The lowest BCUT2D eigenvalue weighted by Crippen LogP contribution is -2.27. The molecule has 26 heavy (non-hydrogen) atoms. The number of fused-ring (bicyclic) bond motifs is 1. The second-order valence-electron chi connectivity index (χ2n) is 6.55. The number of aromatic amines is 1. The monoisotopic (exact) mass is 353 g/mol. The fraction of sp³-hybridized carbons (Fsp3) is 0.263. The number of aromatic nitrogens is 2. The molecule has 7 heteroatoms. The molecular formula is C19H20FN5O. The molecule has 1 aliphatic heterocycles. The Bertz CT molecular complexity index is 988. The third-order valence-electron chi connectivity index (χ3n) is 4.66. The molecule has 0 amide bonds. The molecule has 0 aliphatic carbocycles. The van der Waals surface area contributed by atoms with Crippen molar-refractivity contribution < 1.29 is 4.39 Å². The molecule has 6 nitrogen and oxygen atoms in total. The molecule has 0 radical (unpaired) electrons. The van der Waals surface area contributed by atoms with Crippen molar-refractivity contribution in [1.29, 1.82) is 0 Å². The molecule has 1 saturated heterocycles. The molecule has 3 aromatic rings. The molecule has 134 valence electrons. The molecule has 4 rings (SSSR count). The zero-order chi connectivity index (χ0) is 18.1. The van der Waals surface area contributed by atoms with E-state index in [4.69, 9.17) is 5.73 Å². The smallest absolute Gasteiger partial charge is 0.196 e. The minimum Gasteiger partial charge on any atom is -0.381 e. The first-order valence-corrected chi connectivity index (χ1v) is 8.62. The van der Waals surface area contributed by atoms with Crippen LogP contribution >= 0.6 is 0 Å². The van der Waals surface area contributed by atoms with Gasteiger partial charge in [-0.3, -0.25) is 4.79 Å². The molecule has 0 saturated carbocycles. The van der Waals surface area contributed by atoms with E-state index in [0.717, 1.165) is 12.1 Å². The number of hydrogen-bond donors (Lipinski definition) is 3. The van der Waals surface area contributed by atoms with E-state index >= 15 is 0 Å². The summed E-state index contributed by atoms with van der Waals surface area (Å²) in [6.45, 7) is 1.58. The largest absolute Gasteiger partial charge is 0.381 e. The zero-order valence-corrected chi connectivity index (χ0v) is 14.2. The number of para-hydroxylation sites is 1. The van der Waals surface area contributed by atoms with Gasteiger partial charge in [0.2, 0.25) is 0 Å². The molecule has 1 aliphatic rings. The van der Waals surface area contributed by atoms with Crippen molar-refractivity contribution in [3.05, 3.63) is 64.2 Å². The lowest BCUT2D eigenvalue weighted by Gasteiger charge is -2.18. The molecule has 1 atom stereocenters. The third kappa shape index (κ3) is 3.13. The number of nitrogens with one attached hydrogen (secondary N) is 2. The number of benzene rings is 1. The first-order valence-electron chi connectivity index (χ1n) is 8.62. The third-order valence-corrected chi connectivity index (χ3v) is 4.66. The fourth-order valence-corrected chi connectivity index (χ4v) is 3.24. The number of rotatable bonds is 4. The van der Waals surface area contributed by atoms with Crippen molar-refractivity contribution in [3.8, 4) is 0 Å². The zero-order valence-electron chi connectivity index (χ0n) is 14.2. The maximum atomic E-state index is 14.5. The maximum Gasteiger partial charge on any atom is 0.196 e. The standard InChI is InChI=1S/C19H20FN5O/c20-16-8-15-17(26)12(9-22-14-4-2-1-3-5-14)10-23-18(15)24-19(16)25-7-6-13(21)11-25/h1-5,8,10,13,22H,6-7,9,11,21H2,(H,23,24,26). The maximum absolute atomic E-state index is 14.5. The van der Waals surface area contributed by atoms with Crippen LogP contribution in [0.3, 0.4) is 0 Å². The van der Waals surface area contributed by atoms with Crippen LogP contribution in [-0.2, 0) is 6.54 Å². The summed E-state index contributed by atoms with van der Waals surface area (Å²) in [4.78, 5) is 21.9. The molecule has 1 aromatic carbocycles. The average molecular weight is 353 g/mol. The van der Waals surface area contributed by atoms with Gasteiger partial charge in [-0.2, -0.15) is 0 Å². The fourth-order valence-electron chi connectivity index (χ4n) is 3.24. The Hall–Kier alpha value is -2.93. The van der Waals surface area contributed by atoms with E-state index in [1.165, 1.54) is 6.07 Å². The van der Waals surface area contributed by atoms with E-state index in [0.29, 0.717) is 30.8 Å². The summed E-state index contributed by atoms with van der Waals surface area (Å²) in [6.07, 6.45) is 2.44. The van der Waals surface area contributed by atoms with Gasteiger partial charge in [-0.25, -0.2) is 9.37 Å². The van der Waals surface area contributed by atoms with Crippen LogP contribution in [0.1, 0.15) is 12.0 Å². The number of hydrogen-bond acceptors (Lipinski definition) is 5. The van der Waals surface area contributed by atoms with Gasteiger partial charge in [-0.1, -0.05) is 18.2 Å². The van der Waals surface area contributed by atoms with Crippen LogP contribution in [0.15, 0.2) is 47.4 Å². The molecular weight excluding hydrogens is 333 g/mol. The highest BCUT2D eigenvalue weighted by Crippen LogP contribution is 2.23. The predicted molar refractivity (Wildman–Crippen MR) is 101 cm³/mol. The summed E-state index contributed by atoms with van der Waals surface area (Å²) in [5, 5.41) is 3.44. The Morgan fingerprint density at radius 1 is 1.35 bits per heavy atom. The van der Waals surface area contributed by atoms with Crippen molar-refractivity contribution in [3.63, 3.8) is 0 Å².